The fraction of sp³-hybridized carbons (Fsp3) is 0.520. The summed E-state index contributed by atoms with van der Waals surface area (Å²) in [5, 5.41) is 6.94. The molecule has 1 aliphatic rings. The largest absolute Gasteiger partial charge is 0.494 e. The minimum atomic E-state index is -0.364. The summed E-state index contributed by atoms with van der Waals surface area (Å²) in [6, 6.07) is 8.20. The van der Waals surface area contributed by atoms with Crippen molar-refractivity contribution in [1.29, 1.82) is 0 Å². The molecule has 0 radical (unpaired) electrons. The van der Waals surface area contributed by atoms with Gasteiger partial charge < -0.3 is 24.8 Å². The van der Waals surface area contributed by atoms with Crippen LogP contribution in [0.4, 0.5) is 17.5 Å². The molecule has 10 nitrogen and oxygen atoms in total. The van der Waals surface area contributed by atoms with E-state index in [-0.39, 0.29) is 5.97 Å². The van der Waals surface area contributed by atoms with Crippen molar-refractivity contribution in [1.82, 2.24) is 19.5 Å². The van der Waals surface area contributed by atoms with E-state index in [4.69, 9.17) is 15.6 Å². The highest BCUT2D eigenvalue weighted by Gasteiger charge is 2.18. The molecular formula is C25H35N7O3. The number of anilines is 3. The Hall–Kier alpha value is -3.40. The third-order valence-electron chi connectivity index (χ3n) is 6.30. The first-order chi connectivity index (χ1) is 17.1. The van der Waals surface area contributed by atoms with Gasteiger partial charge in [-0.1, -0.05) is 32.1 Å². The second-order valence-corrected chi connectivity index (χ2v) is 9.05. The number of benzene rings is 1. The van der Waals surface area contributed by atoms with Gasteiger partial charge in [0.15, 0.2) is 11.5 Å². The Morgan fingerprint density at radius 1 is 1.09 bits per heavy atom. The Morgan fingerprint density at radius 2 is 1.86 bits per heavy atom. The van der Waals surface area contributed by atoms with Gasteiger partial charge in [0.25, 0.3) is 0 Å². The average Bonchev–Trinajstić information content (AvgIpc) is 3.25. The standard InChI is InChI=1S/C25H35N7O3/c1-32-17-27-23-22(32)24(28-18-9-5-4-6-10-18)31-25(30-23)29-19-12-14-20(15-13-19)34-16-8-3-2-7-11-21(33)35-26/h12-15,17-18H,2-11,16,26H2,1H3,(H2,28,29,30,31). The van der Waals surface area contributed by atoms with Gasteiger partial charge in [-0.3, -0.25) is 4.79 Å². The van der Waals surface area contributed by atoms with Crippen LogP contribution in [0.1, 0.15) is 64.2 Å². The molecule has 0 saturated heterocycles. The summed E-state index contributed by atoms with van der Waals surface area (Å²) < 4.78 is 7.79. The van der Waals surface area contributed by atoms with Gasteiger partial charge in [0.1, 0.15) is 11.3 Å². The van der Waals surface area contributed by atoms with Crippen LogP contribution < -0.4 is 21.3 Å². The summed E-state index contributed by atoms with van der Waals surface area (Å²) in [6.45, 7) is 0.629. The number of nitrogens with zero attached hydrogens (tertiary/aromatic N) is 4. The molecule has 10 heteroatoms. The van der Waals surface area contributed by atoms with Crippen LogP contribution in [0.2, 0.25) is 0 Å². The fourth-order valence-electron chi connectivity index (χ4n) is 4.39. The summed E-state index contributed by atoms with van der Waals surface area (Å²) in [6.07, 6.45) is 11.9. The van der Waals surface area contributed by atoms with Crippen molar-refractivity contribution in [3.05, 3.63) is 30.6 Å². The molecule has 0 spiro atoms. The van der Waals surface area contributed by atoms with Crippen LogP contribution >= 0.6 is 0 Å². The third kappa shape index (κ3) is 7.05. The number of aromatic nitrogens is 4. The van der Waals surface area contributed by atoms with E-state index < -0.39 is 0 Å². The van der Waals surface area contributed by atoms with Gasteiger partial charge in [-0.2, -0.15) is 15.9 Å². The Balaban J connectivity index is 1.30. The van der Waals surface area contributed by atoms with Gasteiger partial charge in [-0.15, -0.1) is 0 Å². The molecule has 0 aliphatic heterocycles. The molecule has 1 fully saturated rings. The van der Waals surface area contributed by atoms with Crippen LogP contribution in [0.5, 0.6) is 5.75 Å². The average molecular weight is 482 g/mol. The van der Waals surface area contributed by atoms with Gasteiger partial charge in [0.05, 0.1) is 12.9 Å². The van der Waals surface area contributed by atoms with E-state index in [2.05, 4.69) is 25.4 Å². The topological polar surface area (TPSA) is 129 Å². The molecule has 0 atom stereocenters. The molecule has 0 bridgehead atoms. The van der Waals surface area contributed by atoms with Crippen molar-refractivity contribution in [2.24, 2.45) is 12.9 Å². The number of nitrogens with one attached hydrogen (secondary N) is 2. The molecule has 188 valence electrons. The lowest BCUT2D eigenvalue weighted by Crippen LogP contribution is -2.23. The summed E-state index contributed by atoms with van der Waals surface area (Å²) in [5.74, 6) is 6.61. The Labute approximate surface area is 205 Å². The number of rotatable bonds is 12. The number of carbonyl (C=O) groups excluding carboxylic acids is 1. The maximum atomic E-state index is 11.0. The molecule has 35 heavy (non-hydrogen) atoms. The minimum Gasteiger partial charge on any atom is -0.494 e. The normalized spacial score (nSPS) is 14.1. The maximum absolute atomic E-state index is 11.0. The second-order valence-electron chi connectivity index (χ2n) is 9.05. The first kappa shape index (κ1) is 24.7. The summed E-state index contributed by atoms with van der Waals surface area (Å²) in [4.78, 5) is 29.0. The number of nitrogens with two attached hydrogens (primary N) is 1. The number of ether oxygens (including phenoxy) is 1. The first-order valence-corrected chi connectivity index (χ1v) is 12.5. The number of unbranched alkanes of at least 4 members (excludes halogenated alkanes) is 3. The van der Waals surface area contributed by atoms with Crippen molar-refractivity contribution in [3.63, 3.8) is 0 Å². The highest BCUT2D eigenvalue weighted by molar-refractivity contribution is 5.85. The van der Waals surface area contributed by atoms with E-state index in [0.717, 1.165) is 61.3 Å². The Morgan fingerprint density at radius 3 is 2.63 bits per heavy atom. The second kappa shape index (κ2) is 12.3. The molecular weight excluding hydrogens is 446 g/mol. The quantitative estimate of drug-likeness (QED) is 0.251. The van der Waals surface area contributed by atoms with E-state index in [0.29, 0.717) is 30.7 Å². The van der Waals surface area contributed by atoms with Crippen LogP contribution in [0.3, 0.4) is 0 Å². The monoisotopic (exact) mass is 481 g/mol. The maximum Gasteiger partial charge on any atom is 0.324 e. The highest BCUT2D eigenvalue weighted by atomic mass is 16.7. The molecule has 2 heterocycles. The molecule has 3 aromatic rings. The van der Waals surface area contributed by atoms with Gasteiger partial charge >= 0.3 is 5.97 Å². The predicted molar refractivity (Wildman–Crippen MR) is 135 cm³/mol. The zero-order valence-corrected chi connectivity index (χ0v) is 20.3. The summed E-state index contributed by atoms with van der Waals surface area (Å²) >= 11 is 0. The SMILES string of the molecule is Cn1cnc2nc(Nc3ccc(OCCCCCCC(=O)ON)cc3)nc(NC3CCCCC3)c21. The van der Waals surface area contributed by atoms with Crippen LogP contribution in [0, 0.1) is 0 Å². The lowest BCUT2D eigenvalue weighted by atomic mass is 9.95. The van der Waals surface area contributed by atoms with Gasteiger partial charge in [0, 0.05) is 25.2 Å². The van der Waals surface area contributed by atoms with Crippen LogP contribution in [-0.4, -0.2) is 38.1 Å². The predicted octanol–water partition coefficient (Wildman–Crippen LogP) is 4.60. The highest BCUT2D eigenvalue weighted by Crippen LogP contribution is 2.27. The summed E-state index contributed by atoms with van der Waals surface area (Å²) in [5.41, 5.74) is 2.47. The van der Waals surface area contributed by atoms with Crippen molar-refractivity contribution in [3.8, 4) is 5.75 Å². The lowest BCUT2D eigenvalue weighted by Gasteiger charge is -2.23. The number of fused-ring (bicyclic) bond motifs is 1. The lowest BCUT2D eigenvalue weighted by molar-refractivity contribution is -0.144. The number of carbonyl (C=O) groups is 1. The van der Waals surface area contributed by atoms with Gasteiger partial charge in [-0.25, -0.2) is 4.98 Å². The van der Waals surface area contributed by atoms with E-state index >= 15 is 0 Å². The number of hydrogen-bond acceptors (Lipinski definition) is 9. The van der Waals surface area contributed by atoms with Crippen molar-refractivity contribution in [2.45, 2.75) is 70.3 Å². The molecule has 4 rings (SSSR count). The van der Waals surface area contributed by atoms with E-state index in [1.807, 2.05) is 35.9 Å². The number of imidazole rings is 1. The minimum absolute atomic E-state index is 0.362. The zero-order valence-electron chi connectivity index (χ0n) is 20.3. The number of aryl methyl sites for hydroxylation is 1. The van der Waals surface area contributed by atoms with Gasteiger partial charge in [-0.05, 0) is 49.9 Å². The van der Waals surface area contributed by atoms with Crippen molar-refractivity contribution >= 4 is 34.6 Å². The third-order valence-corrected chi connectivity index (χ3v) is 6.30. The molecule has 4 N–H and O–H groups in total. The number of hydrogen-bond donors (Lipinski definition) is 3. The van der Waals surface area contributed by atoms with Crippen molar-refractivity contribution in [2.75, 3.05) is 17.2 Å². The van der Waals surface area contributed by atoms with Crippen LogP contribution in [0.25, 0.3) is 11.2 Å². The smallest absolute Gasteiger partial charge is 0.324 e. The van der Waals surface area contributed by atoms with E-state index in [9.17, 15) is 4.79 Å². The van der Waals surface area contributed by atoms with Crippen molar-refractivity contribution < 1.29 is 14.4 Å². The molecule has 1 aromatic carbocycles. The van der Waals surface area contributed by atoms with E-state index in [1.54, 1.807) is 6.33 Å². The van der Waals surface area contributed by atoms with Crippen LogP contribution in [-0.2, 0) is 16.7 Å². The Bertz CT molecular complexity index is 1090. The molecule has 0 unspecified atom stereocenters. The van der Waals surface area contributed by atoms with Gasteiger partial charge in [0.2, 0.25) is 5.95 Å². The summed E-state index contributed by atoms with van der Waals surface area (Å²) in [7, 11) is 1.97. The first-order valence-electron chi connectivity index (χ1n) is 12.5. The van der Waals surface area contributed by atoms with E-state index in [1.165, 1.54) is 19.3 Å². The van der Waals surface area contributed by atoms with Crippen LogP contribution in [0.15, 0.2) is 30.6 Å². The Kier molecular flexibility index (Phi) is 8.72. The molecule has 1 aliphatic carbocycles. The molecule has 1 saturated carbocycles. The zero-order chi connectivity index (χ0) is 24.5. The fourth-order valence-corrected chi connectivity index (χ4v) is 4.39. The molecule has 2 aromatic heterocycles. The molecule has 0 amide bonds.